The molecule has 1 unspecified atom stereocenters. The van der Waals surface area contributed by atoms with Crippen molar-refractivity contribution in [3.05, 3.63) is 0 Å². The van der Waals surface area contributed by atoms with Crippen LogP contribution in [-0.2, 0) is 4.79 Å². The number of aldehydes is 1. The summed E-state index contributed by atoms with van der Waals surface area (Å²) in [5.74, 6) is 0. The van der Waals surface area contributed by atoms with Crippen LogP contribution >= 0.6 is 0 Å². The van der Waals surface area contributed by atoms with Crippen LogP contribution in [0.3, 0.4) is 0 Å². The zero-order valence-corrected chi connectivity index (χ0v) is 6.49. The van der Waals surface area contributed by atoms with Crippen LogP contribution in [0.5, 0.6) is 0 Å². The summed E-state index contributed by atoms with van der Waals surface area (Å²) in [7, 11) is 0. The van der Waals surface area contributed by atoms with E-state index in [2.05, 4.69) is 0 Å². The second-order valence-electron chi connectivity index (χ2n) is 2.47. The molecule has 5 atom stereocenters. The number of rotatable bonds is 5. The van der Waals surface area contributed by atoms with E-state index in [1.807, 2.05) is 0 Å². The number of aliphatic hydroxyl groups excluding tert-OH is 5. The normalized spacial score (nSPS) is 22.9. The molecule has 0 aromatic carbocycles. The van der Waals surface area contributed by atoms with Gasteiger partial charge < -0.3 is 30.3 Å². The summed E-state index contributed by atoms with van der Waals surface area (Å²) in [5.41, 5.74) is 0. The van der Waals surface area contributed by atoms with Gasteiger partial charge in [-0.2, -0.15) is 0 Å². The van der Waals surface area contributed by atoms with E-state index in [-0.39, 0.29) is 6.29 Å². The van der Waals surface area contributed by atoms with Gasteiger partial charge in [0, 0.05) is 0 Å². The van der Waals surface area contributed by atoms with Crippen molar-refractivity contribution < 1.29 is 34.7 Å². The average Bonchev–Trinajstić information content (AvgIpc) is 2.12. The number of hydrogen-bond acceptors (Lipinski definition) is 6. The molecule has 0 amide bonds. The van der Waals surface area contributed by atoms with Gasteiger partial charge in [-0.05, 0) is 0 Å². The van der Waals surface area contributed by atoms with E-state index in [0.29, 0.717) is 0 Å². The SMILES string of the molecule is O=C[C@H](O)[C@@H](O)[C@@H](O)[C@H](O)C(O)F. The number of hydrogen-bond donors (Lipinski definition) is 5. The van der Waals surface area contributed by atoms with Gasteiger partial charge >= 0.3 is 0 Å². The second kappa shape index (κ2) is 5.20. The Morgan fingerprint density at radius 1 is 0.923 bits per heavy atom. The smallest absolute Gasteiger partial charge is 0.225 e. The Hall–Kier alpha value is -0.600. The van der Waals surface area contributed by atoms with Crippen LogP contribution < -0.4 is 0 Å². The molecule has 0 saturated carbocycles. The molecule has 78 valence electrons. The molecule has 0 spiro atoms. The molecule has 0 aliphatic rings. The van der Waals surface area contributed by atoms with Gasteiger partial charge in [0.15, 0.2) is 6.29 Å². The lowest BCUT2D eigenvalue weighted by atomic mass is 10.0. The van der Waals surface area contributed by atoms with Gasteiger partial charge in [0.2, 0.25) is 6.36 Å². The molecule has 6 nitrogen and oxygen atoms in total. The summed E-state index contributed by atoms with van der Waals surface area (Å²) in [4.78, 5) is 9.88. The van der Waals surface area contributed by atoms with Gasteiger partial charge in [0.25, 0.3) is 0 Å². The third-order valence-corrected chi connectivity index (χ3v) is 1.47. The quantitative estimate of drug-likeness (QED) is 0.299. The molecule has 0 aromatic heterocycles. The maximum Gasteiger partial charge on any atom is 0.225 e. The van der Waals surface area contributed by atoms with E-state index in [1.165, 1.54) is 0 Å². The van der Waals surface area contributed by atoms with E-state index in [0.717, 1.165) is 0 Å². The van der Waals surface area contributed by atoms with E-state index in [4.69, 9.17) is 25.5 Å². The minimum absolute atomic E-state index is 0.0920. The first-order chi connectivity index (χ1) is 5.91. The number of carbonyl (C=O) groups is 1. The Bertz CT molecular complexity index is 163. The van der Waals surface area contributed by atoms with Gasteiger partial charge in [-0.25, -0.2) is 4.39 Å². The van der Waals surface area contributed by atoms with E-state index in [1.54, 1.807) is 0 Å². The van der Waals surface area contributed by atoms with Gasteiger partial charge in [-0.15, -0.1) is 0 Å². The predicted octanol–water partition coefficient (Wildman–Crippen LogP) is -3.08. The molecule has 0 bridgehead atoms. The largest absolute Gasteiger partial charge is 0.387 e. The lowest BCUT2D eigenvalue weighted by Gasteiger charge is -2.23. The van der Waals surface area contributed by atoms with Crippen molar-refractivity contribution in [2.75, 3.05) is 0 Å². The average molecular weight is 198 g/mol. The molecule has 13 heavy (non-hydrogen) atoms. The molecule has 0 fully saturated rings. The molecular weight excluding hydrogens is 187 g/mol. The van der Waals surface area contributed by atoms with Crippen molar-refractivity contribution in [2.24, 2.45) is 0 Å². The minimum atomic E-state index is -2.76. The molecule has 0 saturated heterocycles. The highest BCUT2D eigenvalue weighted by Crippen LogP contribution is 2.07. The highest BCUT2D eigenvalue weighted by atomic mass is 19.1. The molecule has 0 heterocycles. The highest BCUT2D eigenvalue weighted by molar-refractivity contribution is 5.56. The topological polar surface area (TPSA) is 118 Å². The van der Waals surface area contributed by atoms with Crippen LogP contribution in [-0.4, -0.2) is 62.6 Å². The van der Waals surface area contributed by atoms with Gasteiger partial charge in [-0.1, -0.05) is 0 Å². The molecule has 0 aromatic rings. The number of aliphatic hydroxyl groups is 5. The van der Waals surface area contributed by atoms with Crippen LogP contribution in [0.15, 0.2) is 0 Å². The Morgan fingerprint density at radius 3 is 1.69 bits per heavy atom. The molecule has 0 radical (unpaired) electrons. The monoisotopic (exact) mass is 198 g/mol. The summed E-state index contributed by atoms with van der Waals surface area (Å²) >= 11 is 0. The molecule has 5 N–H and O–H groups in total. The summed E-state index contributed by atoms with van der Waals surface area (Å²) in [6.45, 7) is 0. The fourth-order valence-electron chi connectivity index (χ4n) is 0.647. The van der Waals surface area contributed by atoms with Crippen LogP contribution in [0.2, 0.25) is 0 Å². The van der Waals surface area contributed by atoms with E-state index >= 15 is 0 Å². The van der Waals surface area contributed by atoms with Gasteiger partial charge in [0.05, 0.1) is 0 Å². The van der Waals surface area contributed by atoms with Crippen molar-refractivity contribution >= 4 is 6.29 Å². The van der Waals surface area contributed by atoms with E-state index in [9.17, 15) is 9.18 Å². The number of alkyl halides is 1. The Labute approximate surface area is 72.9 Å². The summed E-state index contributed by atoms with van der Waals surface area (Å²) in [6, 6.07) is 0. The summed E-state index contributed by atoms with van der Waals surface area (Å²) in [5, 5.41) is 43.1. The number of halogens is 1. The molecule has 0 aliphatic carbocycles. The van der Waals surface area contributed by atoms with Crippen LogP contribution in [0, 0.1) is 0 Å². The third-order valence-electron chi connectivity index (χ3n) is 1.47. The van der Waals surface area contributed by atoms with Crippen molar-refractivity contribution in [1.29, 1.82) is 0 Å². The molecule has 0 aliphatic heterocycles. The number of carbonyl (C=O) groups excluding carboxylic acids is 1. The van der Waals surface area contributed by atoms with Gasteiger partial charge in [0.1, 0.15) is 24.4 Å². The van der Waals surface area contributed by atoms with Gasteiger partial charge in [-0.3, -0.25) is 0 Å². The summed E-state index contributed by atoms with van der Waals surface area (Å²) < 4.78 is 11.9. The first-order valence-corrected chi connectivity index (χ1v) is 3.41. The zero-order valence-electron chi connectivity index (χ0n) is 6.49. The van der Waals surface area contributed by atoms with E-state index < -0.39 is 30.8 Å². The minimum Gasteiger partial charge on any atom is -0.387 e. The van der Waals surface area contributed by atoms with Crippen molar-refractivity contribution in [3.63, 3.8) is 0 Å². The first kappa shape index (κ1) is 12.4. The van der Waals surface area contributed by atoms with Crippen LogP contribution in [0.25, 0.3) is 0 Å². The van der Waals surface area contributed by atoms with Crippen LogP contribution in [0.4, 0.5) is 4.39 Å². The fraction of sp³-hybridized carbons (Fsp3) is 0.833. The Morgan fingerprint density at radius 2 is 1.38 bits per heavy atom. The van der Waals surface area contributed by atoms with Crippen molar-refractivity contribution in [2.45, 2.75) is 30.8 Å². The molecule has 7 heteroatoms. The lowest BCUT2D eigenvalue weighted by Crippen LogP contribution is -2.48. The van der Waals surface area contributed by atoms with Crippen molar-refractivity contribution in [3.8, 4) is 0 Å². The first-order valence-electron chi connectivity index (χ1n) is 3.41. The predicted molar refractivity (Wildman–Crippen MR) is 37.2 cm³/mol. The Kier molecular flexibility index (Phi) is 4.96. The lowest BCUT2D eigenvalue weighted by molar-refractivity contribution is -0.163. The summed E-state index contributed by atoms with van der Waals surface area (Å²) in [6.07, 6.45) is -11.2. The highest BCUT2D eigenvalue weighted by Gasteiger charge is 2.34. The second-order valence-corrected chi connectivity index (χ2v) is 2.47. The zero-order chi connectivity index (χ0) is 10.6. The molecule has 0 rings (SSSR count). The van der Waals surface area contributed by atoms with Crippen molar-refractivity contribution in [1.82, 2.24) is 0 Å². The third kappa shape index (κ3) is 3.33. The maximum absolute atomic E-state index is 11.9. The maximum atomic E-state index is 11.9. The standard InChI is InChI=1S/C6H11FO6/c7-6(13)5(12)4(11)3(10)2(9)1-8/h1-6,9-13H/t2-,3+,4+,5-,6?/m0/s1. The fourth-order valence-corrected chi connectivity index (χ4v) is 0.647. The molecular formula is C6H11FO6. The van der Waals surface area contributed by atoms with Crippen LogP contribution in [0.1, 0.15) is 0 Å². The Balaban J connectivity index is 4.23.